The van der Waals surface area contributed by atoms with Crippen LogP contribution in [0.5, 0.6) is 0 Å². The Morgan fingerprint density at radius 1 is 1.38 bits per heavy atom. The normalized spacial score (nSPS) is 23.2. The second-order valence-corrected chi connectivity index (χ2v) is 5.33. The Labute approximate surface area is 122 Å². The van der Waals surface area contributed by atoms with Crippen molar-refractivity contribution in [1.29, 1.82) is 0 Å². The van der Waals surface area contributed by atoms with E-state index >= 15 is 0 Å². The summed E-state index contributed by atoms with van der Waals surface area (Å²) < 4.78 is 44.3. The maximum absolute atomic E-state index is 13.0. The molecule has 0 spiro atoms. The highest BCUT2D eigenvalue weighted by molar-refractivity contribution is 5.51. The van der Waals surface area contributed by atoms with E-state index in [1.165, 1.54) is 0 Å². The predicted molar refractivity (Wildman–Crippen MR) is 75.6 cm³/mol. The lowest BCUT2D eigenvalue weighted by Crippen LogP contribution is -2.44. The molecule has 2 unspecified atom stereocenters. The summed E-state index contributed by atoms with van der Waals surface area (Å²) in [6, 6.07) is 2.12. The van der Waals surface area contributed by atoms with E-state index in [1.807, 2.05) is 4.90 Å². The number of nitrogens with zero attached hydrogens (tertiary/aromatic N) is 2. The topological polar surface area (TPSA) is 37.4 Å². The summed E-state index contributed by atoms with van der Waals surface area (Å²) in [6.45, 7) is 3.32. The third-order valence-electron chi connectivity index (χ3n) is 3.91. The quantitative estimate of drug-likeness (QED) is 0.931. The lowest BCUT2D eigenvalue weighted by atomic mass is 9.96. The van der Waals surface area contributed by atoms with Crippen molar-refractivity contribution in [1.82, 2.24) is 4.98 Å². The van der Waals surface area contributed by atoms with Crippen LogP contribution in [-0.2, 0) is 10.9 Å². The molecule has 21 heavy (non-hydrogen) atoms. The molecule has 1 saturated heterocycles. The molecule has 1 aliphatic heterocycles. The van der Waals surface area contributed by atoms with Crippen molar-refractivity contribution in [2.75, 3.05) is 37.5 Å². The number of halogens is 3. The highest BCUT2D eigenvalue weighted by atomic mass is 19.4. The van der Waals surface area contributed by atoms with Crippen LogP contribution < -0.4 is 10.2 Å². The Morgan fingerprint density at radius 2 is 2.10 bits per heavy atom. The Hall–Kier alpha value is -1.50. The van der Waals surface area contributed by atoms with E-state index in [1.54, 1.807) is 14.2 Å². The van der Waals surface area contributed by atoms with Crippen LogP contribution in [0, 0.1) is 5.92 Å². The van der Waals surface area contributed by atoms with Crippen LogP contribution in [0.1, 0.15) is 18.9 Å². The highest BCUT2D eigenvalue weighted by Gasteiger charge is 2.33. The van der Waals surface area contributed by atoms with Crippen molar-refractivity contribution in [2.45, 2.75) is 25.6 Å². The fourth-order valence-corrected chi connectivity index (χ4v) is 2.52. The van der Waals surface area contributed by atoms with Gasteiger partial charge in [-0.2, -0.15) is 13.2 Å². The van der Waals surface area contributed by atoms with Gasteiger partial charge in [-0.1, -0.05) is 6.92 Å². The summed E-state index contributed by atoms with van der Waals surface area (Å²) in [5.74, 6) is 0.941. The molecular weight excluding hydrogens is 283 g/mol. The van der Waals surface area contributed by atoms with E-state index in [0.717, 1.165) is 18.6 Å². The number of aromatic nitrogens is 1. The second-order valence-electron chi connectivity index (χ2n) is 5.33. The Kier molecular flexibility index (Phi) is 4.61. The van der Waals surface area contributed by atoms with Gasteiger partial charge in [0, 0.05) is 27.2 Å². The van der Waals surface area contributed by atoms with Gasteiger partial charge in [0.05, 0.1) is 11.7 Å². The smallest absolute Gasteiger partial charge is 0.379 e. The van der Waals surface area contributed by atoms with Gasteiger partial charge in [0.2, 0.25) is 0 Å². The number of ether oxygens (including phenoxy) is 1. The summed E-state index contributed by atoms with van der Waals surface area (Å²) in [6.07, 6.45) is -3.51. The summed E-state index contributed by atoms with van der Waals surface area (Å²) in [5.41, 5.74) is -0.690. The number of alkyl halides is 3. The van der Waals surface area contributed by atoms with Gasteiger partial charge < -0.3 is 15.0 Å². The lowest BCUT2D eigenvalue weighted by Gasteiger charge is -2.37. The first-order valence-electron chi connectivity index (χ1n) is 6.90. The molecule has 4 nitrogen and oxygen atoms in total. The molecule has 1 aromatic rings. The van der Waals surface area contributed by atoms with Crippen LogP contribution in [0.4, 0.5) is 24.8 Å². The average Bonchev–Trinajstić information content (AvgIpc) is 2.46. The number of methoxy groups -OCH3 is 1. The zero-order valence-electron chi connectivity index (χ0n) is 12.4. The molecule has 1 aliphatic rings. The molecule has 1 aromatic heterocycles. The number of piperidine rings is 1. The minimum Gasteiger partial charge on any atom is -0.379 e. The molecular formula is C14H20F3N3O. The Morgan fingerprint density at radius 3 is 2.67 bits per heavy atom. The van der Waals surface area contributed by atoms with Crippen molar-refractivity contribution in [3.05, 3.63) is 17.7 Å². The molecule has 1 fully saturated rings. The third-order valence-corrected chi connectivity index (χ3v) is 3.91. The molecule has 0 aromatic carbocycles. The molecule has 2 rings (SSSR count). The SMILES string of the molecule is CNc1cc(C(F)(F)F)cc(N2CCC(C)C(OC)C2)n1. The van der Waals surface area contributed by atoms with Crippen molar-refractivity contribution in [2.24, 2.45) is 5.92 Å². The first-order valence-corrected chi connectivity index (χ1v) is 6.90. The van der Waals surface area contributed by atoms with E-state index in [-0.39, 0.29) is 11.9 Å². The van der Waals surface area contributed by atoms with Gasteiger partial charge in [0.15, 0.2) is 0 Å². The molecule has 0 saturated carbocycles. The van der Waals surface area contributed by atoms with Gasteiger partial charge in [-0.25, -0.2) is 4.98 Å². The van der Waals surface area contributed by atoms with Crippen molar-refractivity contribution in [3.63, 3.8) is 0 Å². The first kappa shape index (κ1) is 15.9. The zero-order valence-corrected chi connectivity index (χ0v) is 12.4. The number of nitrogens with one attached hydrogen (secondary N) is 1. The summed E-state index contributed by atoms with van der Waals surface area (Å²) in [5, 5.41) is 2.68. The summed E-state index contributed by atoms with van der Waals surface area (Å²) in [7, 11) is 3.19. The van der Waals surface area contributed by atoms with Crippen molar-refractivity contribution < 1.29 is 17.9 Å². The standard InChI is InChI=1S/C14H20F3N3O/c1-9-4-5-20(8-11(9)21-3)13-7-10(14(15,16)17)6-12(18-2)19-13/h6-7,9,11H,4-5,8H2,1-3H3,(H,18,19). The Balaban J connectivity index is 2.30. The maximum atomic E-state index is 13.0. The molecule has 0 amide bonds. The highest BCUT2D eigenvalue weighted by Crippen LogP contribution is 2.34. The molecule has 2 atom stereocenters. The number of hydrogen-bond acceptors (Lipinski definition) is 4. The number of rotatable bonds is 3. The van der Waals surface area contributed by atoms with Crippen LogP contribution in [0.2, 0.25) is 0 Å². The number of hydrogen-bond donors (Lipinski definition) is 1. The van der Waals surface area contributed by atoms with E-state index in [9.17, 15) is 13.2 Å². The molecule has 0 aliphatic carbocycles. The maximum Gasteiger partial charge on any atom is 0.416 e. The van der Waals surface area contributed by atoms with Gasteiger partial charge in [0.1, 0.15) is 11.6 Å². The minimum atomic E-state index is -4.38. The number of anilines is 2. The molecule has 0 radical (unpaired) electrons. The second kappa shape index (κ2) is 6.09. The van der Waals surface area contributed by atoms with Crippen LogP contribution in [0.25, 0.3) is 0 Å². The van der Waals surface area contributed by atoms with E-state index in [2.05, 4.69) is 17.2 Å². The van der Waals surface area contributed by atoms with Crippen molar-refractivity contribution >= 4 is 11.6 Å². The van der Waals surface area contributed by atoms with Gasteiger partial charge in [-0.15, -0.1) is 0 Å². The first-order chi connectivity index (χ1) is 9.85. The lowest BCUT2D eigenvalue weighted by molar-refractivity contribution is -0.137. The van der Waals surface area contributed by atoms with Crippen LogP contribution >= 0.6 is 0 Å². The Bertz CT molecular complexity index is 493. The average molecular weight is 303 g/mol. The van der Waals surface area contributed by atoms with E-state index in [0.29, 0.717) is 24.8 Å². The molecule has 0 bridgehead atoms. The van der Waals surface area contributed by atoms with E-state index in [4.69, 9.17) is 4.74 Å². The van der Waals surface area contributed by atoms with Crippen LogP contribution in [-0.4, -0.2) is 38.3 Å². The van der Waals surface area contributed by atoms with Gasteiger partial charge in [0.25, 0.3) is 0 Å². The monoisotopic (exact) mass is 303 g/mol. The largest absolute Gasteiger partial charge is 0.416 e. The molecule has 1 N–H and O–H groups in total. The van der Waals surface area contributed by atoms with Gasteiger partial charge in [-0.05, 0) is 24.5 Å². The molecule has 2 heterocycles. The summed E-state index contributed by atoms with van der Waals surface area (Å²) in [4.78, 5) is 6.09. The number of pyridine rings is 1. The van der Waals surface area contributed by atoms with Gasteiger partial charge >= 0.3 is 6.18 Å². The molecule has 7 heteroatoms. The van der Waals surface area contributed by atoms with Crippen LogP contribution in [0.3, 0.4) is 0 Å². The van der Waals surface area contributed by atoms with Gasteiger partial charge in [-0.3, -0.25) is 0 Å². The molecule has 118 valence electrons. The fourth-order valence-electron chi connectivity index (χ4n) is 2.52. The fraction of sp³-hybridized carbons (Fsp3) is 0.643. The summed E-state index contributed by atoms with van der Waals surface area (Å²) >= 11 is 0. The third kappa shape index (κ3) is 3.58. The zero-order chi connectivity index (χ0) is 15.6. The predicted octanol–water partition coefficient (Wildman–Crippen LogP) is 3.00. The minimum absolute atomic E-state index is 0.00753. The van der Waals surface area contributed by atoms with Crippen molar-refractivity contribution in [3.8, 4) is 0 Å². The van der Waals surface area contributed by atoms with E-state index < -0.39 is 11.7 Å². The van der Waals surface area contributed by atoms with Crippen LogP contribution in [0.15, 0.2) is 12.1 Å².